The van der Waals surface area contributed by atoms with Crippen LogP contribution in [0.4, 0.5) is 0 Å². The van der Waals surface area contributed by atoms with Crippen LogP contribution >= 0.6 is 67.8 Å². The highest BCUT2D eigenvalue weighted by molar-refractivity contribution is 14.1. The number of amides is 2. The van der Waals surface area contributed by atoms with Gasteiger partial charge in [-0.05, 0) is 73.8 Å². The van der Waals surface area contributed by atoms with Crippen molar-refractivity contribution in [2.75, 3.05) is 7.05 Å². The van der Waals surface area contributed by atoms with E-state index in [9.17, 15) is 9.59 Å². The highest BCUT2D eigenvalue weighted by atomic mass is 127. The van der Waals surface area contributed by atoms with Gasteiger partial charge in [0.05, 0.1) is 11.1 Å². The Morgan fingerprint density at radius 3 is 1.95 bits per heavy atom. The Morgan fingerprint density at radius 2 is 1.63 bits per heavy atom. The molecule has 0 bridgehead atoms. The Bertz CT molecular complexity index is 482. The largest absolute Gasteiger partial charge is 0.478 e. The van der Waals surface area contributed by atoms with Crippen LogP contribution in [-0.4, -0.2) is 30.4 Å². The van der Waals surface area contributed by atoms with Gasteiger partial charge in [-0.2, -0.15) is 0 Å². The molecule has 0 aliphatic carbocycles. The van der Waals surface area contributed by atoms with Crippen molar-refractivity contribution in [1.29, 1.82) is 0 Å². The Morgan fingerprint density at radius 1 is 1.21 bits per heavy atom. The summed E-state index contributed by atoms with van der Waals surface area (Å²) in [6.45, 7) is 0. The smallest absolute Gasteiger partial charge is 0.336 e. The minimum absolute atomic E-state index is 0.106. The van der Waals surface area contributed by atoms with E-state index in [1.807, 2.05) is 67.8 Å². The number of carbonyl (C=O) groups is 3. The van der Waals surface area contributed by atoms with E-state index in [0.717, 1.165) is 3.57 Å². The second-order valence-electron chi connectivity index (χ2n) is 2.99. The molecule has 2 amide bonds. The highest BCUT2D eigenvalue weighted by Crippen LogP contribution is 2.27. The third-order valence-corrected chi connectivity index (χ3v) is 7.14. The zero-order chi connectivity index (χ0) is 15.2. The standard InChI is InChI=1S/C8H4I3NO3.C2H5NO/c9-4-2(7(12)13)1-3(8(14)15)5(10)6(4)11;1-3-2-4/h1H,(H2,12,13)(H,14,15);2H,1H3,(H,3,4). The molecule has 0 saturated carbocycles. The Kier molecular flexibility index (Phi) is 8.80. The van der Waals surface area contributed by atoms with Gasteiger partial charge in [-0.15, -0.1) is 0 Å². The number of hydrogen-bond acceptors (Lipinski definition) is 3. The predicted molar refractivity (Wildman–Crippen MR) is 95.2 cm³/mol. The van der Waals surface area contributed by atoms with Crippen molar-refractivity contribution < 1.29 is 19.5 Å². The summed E-state index contributed by atoms with van der Waals surface area (Å²) in [6, 6.07) is 1.32. The number of carboxylic acid groups (broad SMARTS) is 1. The van der Waals surface area contributed by atoms with Crippen molar-refractivity contribution >= 4 is 86.1 Å². The molecule has 6 nitrogen and oxygen atoms in total. The Labute approximate surface area is 150 Å². The normalized spacial score (nSPS) is 9.05. The van der Waals surface area contributed by atoms with Crippen LogP contribution in [0.3, 0.4) is 0 Å². The van der Waals surface area contributed by atoms with Crippen molar-refractivity contribution in [2.45, 2.75) is 0 Å². The third-order valence-electron chi connectivity index (χ3n) is 1.76. The Hall–Kier alpha value is -0.180. The van der Waals surface area contributed by atoms with Gasteiger partial charge in [0.2, 0.25) is 12.3 Å². The third kappa shape index (κ3) is 5.37. The van der Waals surface area contributed by atoms with Crippen LogP contribution < -0.4 is 11.1 Å². The van der Waals surface area contributed by atoms with Gasteiger partial charge >= 0.3 is 5.97 Å². The summed E-state index contributed by atoms with van der Waals surface area (Å²) in [4.78, 5) is 31.0. The van der Waals surface area contributed by atoms with Gasteiger partial charge in [0, 0.05) is 17.8 Å². The maximum absolute atomic E-state index is 11.1. The van der Waals surface area contributed by atoms with Gasteiger partial charge in [0.15, 0.2) is 0 Å². The summed E-state index contributed by atoms with van der Waals surface area (Å²) in [6.07, 6.45) is 0.625. The molecule has 19 heavy (non-hydrogen) atoms. The average molecular weight is 602 g/mol. The van der Waals surface area contributed by atoms with Crippen molar-refractivity contribution in [3.05, 3.63) is 27.9 Å². The second-order valence-corrected chi connectivity index (χ2v) is 6.23. The number of benzene rings is 1. The van der Waals surface area contributed by atoms with Crippen molar-refractivity contribution in [3.8, 4) is 0 Å². The molecule has 1 rings (SSSR count). The number of carbonyl (C=O) groups excluding carboxylic acids is 2. The summed E-state index contributed by atoms with van der Waals surface area (Å²) < 4.78 is 2.05. The lowest BCUT2D eigenvalue weighted by Gasteiger charge is -2.08. The number of primary amides is 1. The second kappa shape index (κ2) is 8.89. The molecule has 1 aromatic carbocycles. The van der Waals surface area contributed by atoms with Crippen LogP contribution in [0, 0.1) is 10.7 Å². The molecule has 0 saturated heterocycles. The molecule has 0 atom stereocenters. The highest BCUT2D eigenvalue weighted by Gasteiger charge is 2.19. The van der Waals surface area contributed by atoms with Crippen LogP contribution in [0.1, 0.15) is 20.7 Å². The molecule has 0 aromatic heterocycles. The quantitative estimate of drug-likeness (QED) is 0.278. The zero-order valence-electron chi connectivity index (χ0n) is 9.54. The minimum atomic E-state index is -1.06. The van der Waals surface area contributed by atoms with E-state index in [1.54, 1.807) is 7.05 Å². The summed E-state index contributed by atoms with van der Waals surface area (Å²) in [5, 5.41) is 11.2. The first-order chi connectivity index (χ1) is 8.77. The molecule has 9 heteroatoms. The van der Waals surface area contributed by atoms with E-state index < -0.39 is 11.9 Å². The van der Waals surface area contributed by atoms with Crippen LogP contribution in [0.15, 0.2) is 6.07 Å². The van der Waals surface area contributed by atoms with Gasteiger partial charge in [-0.25, -0.2) is 4.79 Å². The molecule has 0 spiro atoms. The molecule has 0 unspecified atom stereocenters. The summed E-state index contributed by atoms with van der Waals surface area (Å²) in [5.74, 6) is -1.67. The molecule has 4 N–H and O–H groups in total. The number of rotatable bonds is 3. The Balaban J connectivity index is 0.000000711. The molecule has 104 valence electrons. The molecule has 0 heterocycles. The van der Waals surface area contributed by atoms with Crippen LogP contribution in [-0.2, 0) is 4.79 Å². The van der Waals surface area contributed by atoms with Crippen LogP contribution in [0.2, 0.25) is 0 Å². The van der Waals surface area contributed by atoms with E-state index >= 15 is 0 Å². The lowest BCUT2D eigenvalue weighted by Crippen LogP contribution is -2.16. The number of nitrogens with one attached hydrogen (secondary N) is 1. The van der Waals surface area contributed by atoms with E-state index in [0.29, 0.717) is 13.6 Å². The predicted octanol–water partition coefficient (Wildman–Crippen LogP) is 1.66. The van der Waals surface area contributed by atoms with E-state index in [4.69, 9.17) is 15.6 Å². The van der Waals surface area contributed by atoms with Crippen molar-refractivity contribution in [1.82, 2.24) is 5.32 Å². The molecule has 1 aromatic rings. The van der Waals surface area contributed by atoms with Crippen LogP contribution in [0.25, 0.3) is 0 Å². The number of aromatic carboxylic acids is 1. The number of nitrogens with two attached hydrogens (primary N) is 1. The van der Waals surface area contributed by atoms with Crippen molar-refractivity contribution in [3.63, 3.8) is 0 Å². The molecule has 0 radical (unpaired) electrons. The summed E-state index contributed by atoms with van der Waals surface area (Å²) in [5.41, 5.74) is 5.51. The number of hydrogen-bond donors (Lipinski definition) is 3. The van der Waals surface area contributed by atoms with Gasteiger partial charge in [0.1, 0.15) is 0 Å². The fourth-order valence-electron chi connectivity index (χ4n) is 0.939. The first kappa shape index (κ1) is 18.8. The molecule has 0 fully saturated rings. The molecule has 0 aliphatic heterocycles. The molecular formula is C10H9I3N2O4. The van der Waals surface area contributed by atoms with Gasteiger partial charge in [-0.3, -0.25) is 9.59 Å². The maximum atomic E-state index is 11.1. The fourth-order valence-corrected chi connectivity index (χ4v) is 3.38. The molecular weight excluding hydrogens is 593 g/mol. The first-order valence-electron chi connectivity index (χ1n) is 4.59. The fraction of sp³-hybridized carbons (Fsp3) is 0.100. The van der Waals surface area contributed by atoms with E-state index in [1.165, 1.54) is 6.07 Å². The zero-order valence-corrected chi connectivity index (χ0v) is 16.0. The maximum Gasteiger partial charge on any atom is 0.336 e. The lowest BCUT2D eigenvalue weighted by atomic mass is 10.1. The summed E-state index contributed by atoms with van der Waals surface area (Å²) >= 11 is 5.92. The van der Waals surface area contributed by atoms with Gasteiger partial charge in [-0.1, -0.05) is 0 Å². The topological polar surface area (TPSA) is 109 Å². The number of carboxylic acids is 1. The number of halogens is 3. The van der Waals surface area contributed by atoms with Crippen LogP contribution in [0.5, 0.6) is 0 Å². The van der Waals surface area contributed by atoms with E-state index in [2.05, 4.69) is 5.32 Å². The van der Waals surface area contributed by atoms with Crippen molar-refractivity contribution in [2.24, 2.45) is 5.73 Å². The van der Waals surface area contributed by atoms with E-state index in [-0.39, 0.29) is 11.1 Å². The minimum Gasteiger partial charge on any atom is -0.478 e. The molecule has 0 aliphatic rings. The van der Waals surface area contributed by atoms with Gasteiger partial charge < -0.3 is 16.2 Å². The SMILES string of the molecule is CNC=O.NC(=O)c1cc(C(=O)O)c(I)c(I)c1I. The van der Waals surface area contributed by atoms with Gasteiger partial charge in [0.25, 0.3) is 0 Å². The summed E-state index contributed by atoms with van der Waals surface area (Å²) in [7, 11) is 1.56. The first-order valence-corrected chi connectivity index (χ1v) is 7.83. The monoisotopic (exact) mass is 602 g/mol. The average Bonchev–Trinajstić information content (AvgIpc) is 2.35. The lowest BCUT2D eigenvalue weighted by molar-refractivity contribution is -0.109.